The van der Waals surface area contributed by atoms with E-state index in [4.69, 9.17) is 10.2 Å². The molecule has 1 aliphatic rings. The Labute approximate surface area is 57.5 Å². The number of aliphatic carboxylic acids is 1. The smallest absolute Gasteiger partial charge is 0.312 e. The second-order valence-electron chi connectivity index (χ2n) is 2.94. The van der Waals surface area contributed by atoms with Crippen LogP contribution in [0.4, 0.5) is 4.39 Å². The van der Waals surface area contributed by atoms with Crippen LogP contribution in [-0.4, -0.2) is 28.5 Å². The molecule has 0 amide bonds. The molecule has 4 heteroatoms. The van der Waals surface area contributed by atoms with E-state index in [0.29, 0.717) is 0 Å². The number of carboxylic acid groups (broad SMARTS) is 1. The highest BCUT2D eigenvalue weighted by molar-refractivity contribution is 5.80. The summed E-state index contributed by atoms with van der Waals surface area (Å²) in [6.07, 6.45) is -0.0775. The van der Waals surface area contributed by atoms with Gasteiger partial charge >= 0.3 is 5.97 Å². The van der Waals surface area contributed by atoms with Gasteiger partial charge < -0.3 is 10.2 Å². The highest BCUT2D eigenvalue weighted by Crippen LogP contribution is 2.58. The number of alkyl halides is 1. The predicted octanol–water partition coefficient (Wildman–Crippen LogP) is 0.182. The summed E-state index contributed by atoms with van der Waals surface area (Å²) < 4.78 is 12.9. The van der Waals surface area contributed by atoms with Crippen LogP contribution < -0.4 is 0 Å². The van der Waals surface area contributed by atoms with Gasteiger partial charge in [0.25, 0.3) is 0 Å². The van der Waals surface area contributed by atoms with Gasteiger partial charge in [0, 0.05) is 6.42 Å². The molecule has 0 spiro atoms. The van der Waals surface area contributed by atoms with Crippen molar-refractivity contribution in [3.8, 4) is 0 Å². The van der Waals surface area contributed by atoms with Gasteiger partial charge in [-0.15, -0.1) is 0 Å². The Morgan fingerprint density at radius 2 is 2.30 bits per heavy atom. The van der Waals surface area contributed by atoms with Crippen LogP contribution in [-0.2, 0) is 4.79 Å². The normalized spacial score (nSPS) is 45.1. The van der Waals surface area contributed by atoms with E-state index in [9.17, 15) is 9.18 Å². The van der Waals surface area contributed by atoms with Crippen molar-refractivity contribution in [2.75, 3.05) is 6.61 Å². The highest BCUT2D eigenvalue weighted by atomic mass is 19.1. The van der Waals surface area contributed by atoms with Crippen LogP contribution in [0.1, 0.15) is 13.3 Å². The zero-order valence-electron chi connectivity index (χ0n) is 5.59. The molecular weight excluding hydrogens is 139 g/mol. The average molecular weight is 148 g/mol. The molecule has 1 fully saturated rings. The Hall–Kier alpha value is -0.640. The molecule has 1 rings (SSSR count). The molecule has 0 aromatic rings. The summed E-state index contributed by atoms with van der Waals surface area (Å²) in [7, 11) is 0. The second kappa shape index (κ2) is 1.69. The zero-order valence-corrected chi connectivity index (χ0v) is 5.59. The summed E-state index contributed by atoms with van der Waals surface area (Å²) in [6, 6.07) is 0. The minimum Gasteiger partial charge on any atom is -0.481 e. The summed E-state index contributed by atoms with van der Waals surface area (Å²) in [5.74, 6) is -1.18. The Morgan fingerprint density at radius 1 is 1.80 bits per heavy atom. The van der Waals surface area contributed by atoms with Crippen molar-refractivity contribution in [3.05, 3.63) is 0 Å². The first-order valence-corrected chi connectivity index (χ1v) is 2.99. The maximum atomic E-state index is 12.9. The SMILES string of the molecule is CC1(C(=O)O)CC1(F)CO. The van der Waals surface area contributed by atoms with Crippen molar-refractivity contribution >= 4 is 5.97 Å². The molecule has 0 radical (unpaired) electrons. The first-order valence-electron chi connectivity index (χ1n) is 2.99. The first kappa shape index (κ1) is 7.47. The van der Waals surface area contributed by atoms with Crippen molar-refractivity contribution in [3.63, 3.8) is 0 Å². The van der Waals surface area contributed by atoms with Gasteiger partial charge in [-0.05, 0) is 6.92 Å². The lowest BCUT2D eigenvalue weighted by Crippen LogP contribution is -2.24. The molecule has 0 aromatic carbocycles. The summed E-state index contributed by atoms with van der Waals surface area (Å²) >= 11 is 0. The quantitative estimate of drug-likeness (QED) is 0.587. The van der Waals surface area contributed by atoms with Crippen molar-refractivity contribution in [1.82, 2.24) is 0 Å². The highest BCUT2D eigenvalue weighted by Gasteiger charge is 2.70. The lowest BCUT2D eigenvalue weighted by Gasteiger charge is -2.06. The number of halogens is 1. The van der Waals surface area contributed by atoms with E-state index in [-0.39, 0.29) is 6.42 Å². The maximum Gasteiger partial charge on any atom is 0.312 e. The fraction of sp³-hybridized carbons (Fsp3) is 0.833. The van der Waals surface area contributed by atoms with E-state index in [1.165, 1.54) is 6.92 Å². The Bertz CT molecular complexity index is 182. The molecule has 1 aliphatic carbocycles. The summed E-state index contributed by atoms with van der Waals surface area (Å²) in [4.78, 5) is 10.3. The number of carboxylic acids is 1. The molecule has 2 unspecified atom stereocenters. The topological polar surface area (TPSA) is 57.5 Å². The Balaban J connectivity index is 2.72. The third kappa shape index (κ3) is 0.653. The van der Waals surface area contributed by atoms with Crippen molar-refractivity contribution < 1.29 is 19.4 Å². The first-order chi connectivity index (χ1) is 4.46. The fourth-order valence-corrected chi connectivity index (χ4v) is 1.01. The van der Waals surface area contributed by atoms with Crippen molar-refractivity contribution in [2.45, 2.75) is 19.0 Å². The molecule has 10 heavy (non-hydrogen) atoms. The van der Waals surface area contributed by atoms with Crippen LogP contribution >= 0.6 is 0 Å². The molecule has 1 saturated carbocycles. The Morgan fingerprint density at radius 3 is 2.40 bits per heavy atom. The molecule has 0 aromatic heterocycles. The third-order valence-electron chi connectivity index (χ3n) is 2.22. The van der Waals surface area contributed by atoms with Gasteiger partial charge in [0.1, 0.15) is 5.41 Å². The summed E-state index contributed by atoms with van der Waals surface area (Å²) in [5, 5.41) is 16.8. The van der Waals surface area contributed by atoms with Crippen molar-refractivity contribution in [1.29, 1.82) is 0 Å². The number of aliphatic hydroxyl groups excluding tert-OH is 1. The second-order valence-corrected chi connectivity index (χ2v) is 2.94. The monoisotopic (exact) mass is 148 g/mol. The summed E-state index contributed by atoms with van der Waals surface area (Å²) in [6.45, 7) is 0.599. The zero-order chi connectivity index (χ0) is 7.99. The van der Waals surface area contributed by atoms with Crippen LogP contribution in [0.2, 0.25) is 0 Å². The van der Waals surface area contributed by atoms with E-state index in [1.54, 1.807) is 0 Å². The fourth-order valence-electron chi connectivity index (χ4n) is 1.01. The molecule has 0 heterocycles. The van der Waals surface area contributed by atoms with Crippen molar-refractivity contribution in [2.24, 2.45) is 5.41 Å². The predicted molar refractivity (Wildman–Crippen MR) is 31.3 cm³/mol. The molecule has 0 bridgehead atoms. The van der Waals surface area contributed by atoms with E-state index in [0.717, 1.165) is 0 Å². The number of hydrogen-bond acceptors (Lipinski definition) is 2. The van der Waals surface area contributed by atoms with Gasteiger partial charge in [0.2, 0.25) is 0 Å². The largest absolute Gasteiger partial charge is 0.481 e. The maximum absolute atomic E-state index is 12.9. The van der Waals surface area contributed by atoms with E-state index in [1.807, 2.05) is 0 Å². The number of aliphatic hydroxyl groups is 1. The van der Waals surface area contributed by atoms with Crippen LogP contribution in [0.25, 0.3) is 0 Å². The number of carbonyl (C=O) groups is 1. The molecule has 2 atom stereocenters. The minimum atomic E-state index is -1.88. The van der Waals surface area contributed by atoms with Crippen LogP contribution in [0.5, 0.6) is 0 Å². The van der Waals surface area contributed by atoms with Gasteiger partial charge in [0.15, 0.2) is 5.67 Å². The molecule has 3 nitrogen and oxygen atoms in total. The summed E-state index contributed by atoms with van der Waals surface area (Å²) in [5.41, 5.74) is -3.22. The Kier molecular flexibility index (Phi) is 1.26. The molecular formula is C6H9FO3. The molecule has 0 aliphatic heterocycles. The average Bonchev–Trinajstić information content (AvgIpc) is 2.39. The van der Waals surface area contributed by atoms with E-state index in [2.05, 4.69) is 0 Å². The van der Waals surface area contributed by atoms with Crippen LogP contribution in [0, 0.1) is 5.41 Å². The van der Waals surface area contributed by atoms with E-state index >= 15 is 0 Å². The third-order valence-corrected chi connectivity index (χ3v) is 2.22. The van der Waals surface area contributed by atoms with Gasteiger partial charge in [-0.25, -0.2) is 4.39 Å². The minimum absolute atomic E-state index is 0.0775. The van der Waals surface area contributed by atoms with Gasteiger partial charge in [-0.2, -0.15) is 0 Å². The van der Waals surface area contributed by atoms with Gasteiger partial charge in [-0.1, -0.05) is 0 Å². The standard InChI is InChI=1S/C6H9FO3/c1-5(4(9)10)2-6(5,7)3-8/h8H,2-3H2,1H3,(H,9,10). The lowest BCUT2D eigenvalue weighted by molar-refractivity contribution is -0.144. The van der Waals surface area contributed by atoms with Gasteiger partial charge in [0.05, 0.1) is 6.61 Å². The molecule has 2 N–H and O–H groups in total. The van der Waals surface area contributed by atoms with E-state index < -0.39 is 23.7 Å². The van der Waals surface area contributed by atoms with Gasteiger partial charge in [-0.3, -0.25) is 4.79 Å². The number of hydrogen-bond donors (Lipinski definition) is 2. The molecule has 58 valence electrons. The lowest BCUT2D eigenvalue weighted by atomic mass is 10.1. The molecule has 0 saturated heterocycles. The van der Waals surface area contributed by atoms with Crippen LogP contribution in [0.15, 0.2) is 0 Å². The van der Waals surface area contributed by atoms with Crippen LogP contribution in [0.3, 0.4) is 0 Å². The number of rotatable bonds is 2.